The number of carboxylic acids is 1. The fourth-order valence-corrected chi connectivity index (χ4v) is 9.64. The molecule has 438 valence electrons. The van der Waals surface area contributed by atoms with E-state index < -0.39 is 67.3 Å². The average Bonchev–Trinajstić information content (AvgIpc) is 3.39. The van der Waals surface area contributed by atoms with Crippen LogP contribution >= 0.6 is 0 Å². The summed E-state index contributed by atoms with van der Waals surface area (Å²) >= 11 is 0. The van der Waals surface area contributed by atoms with E-state index >= 15 is 0 Å². The Labute approximate surface area is 458 Å². The molecule has 1 aliphatic rings. The van der Waals surface area contributed by atoms with Crippen molar-refractivity contribution in [2.45, 2.75) is 340 Å². The Bertz CT molecular complexity index is 1400. The van der Waals surface area contributed by atoms with Crippen molar-refractivity contribution in [2.24, 2.45) is 0 Å². The lowest BCUT2D eigenvalue weighted by atomic mass is 9.98. The molecule has 0 aliphatic carbocycles. The summed E-state index contributed by atoms with van der Waals surface area (Å²) in [7, 11) is 0. The van der Waals surface area contributed by atoms with Crippen molar-refractivity contribution in [1.29, 1.82) is 0 Å². The monoisotopic (exact) mass is 1060 g/mol. The van der Waals surface area contributed by atoms with Crippen molar-refractivity contribution in [3.8, 4) is 0 Å². The summed E-state index contributed by atoms with van der Waals surface area (Å²) < 4.78 is 28.5. The third kappa shape index (κ3) is 41.9. The number of allylic oxidation sites excluding steroid dienone is 4. The number of rotatable bonds is 54. The van der Waals surface area contributed by atoms with E-state index in [1.165, 1.54) is 161 Å². The van der Waals surface area contributed by atoms with Gasteiger partial charge in [-0.15, -0.1) is 0 Å². The summed E-state index contributed by atoms with van der Waals surface area (Å²) in [5.74, 6) is -3.10. The van der Waals surface area contributed by atoms with Gasteiger partial charge in [0.25, 0.3) is 0 Å². The van der Waals surface area contributed by atoms with Crippen LogP contribution in [0.1, 0.15) is 303 Å². The molecule has 0 aromatic carbocycles. The highest BCUT2D eigenvalue weighted by Crippen LogP contribution is 2.27. The number of ether oxygens (including phenoxy) is 5. The summed E-state index contributed by atoms with van der Waals surface area (Å²) in [6, 6.07) is 0. The number of carbonyl (C=O) groups excluding carboxylic acids is 3. The van der Waals surface area contributed by atoms with Crippen LogP contribution in [-0.2, 0) is 42.9 Å². The molecule has 1 aliphatic heterocycles. The molecule has 12 heteroatoms. The minimum Gasteiger partial charge on any atom is -0.479 e. The number of carboxylic acid groups (broad SMARTS) is 1. The number of aliphatic hydroxyl groups excluding tert-OH is 2. The minimum atomic E-state index is -1.90. The quantitative estimate of drug-likeness (QED) is 0.0228. The highest BCUT2D eigenvalue weighted by atomic mass is 16.7. The van der Waals surface area contributed by atoms with E-state index in [0.717, 1.165) is 83.5 Å². The van der Waals surface area contributed by atoms with Gasteiger partial charge in [0.15, 0.2) is 24.6 Å². The zero-order chi connectivity index (χ0) is 54.7. The standard InChI is InChI=1S/C63H114O12/c1-4-7-10-13-16-19-22-24-26-28-30-32-35-37-40-43-46-49-55(64)71-52-54(73-56(65)50-47-44-41-38-34-21-18-15-12-9-6-3)53-72-63-61(59(68)58(67)60(75-63)62(69)70)74-57(66)51-48-45-42-39-36-33-31-29-27-25-23-20-17-14-11-8-5-2/h15,18,24,26,54,58-61,63,67-68H,4-14,16-17,19-23,25,27-53H2,1-3H3,(H,69,70)/b18-15-,26-24-. The molecular formula is C63H114O12. The summed E-state index contributed by atoms with van der Waals surface area (Å²) in [5, 5.41) is 31.5. The molecule has 6 atom stereocenters. The van der Waals surface area contributed by atoms with Crippen molar-refractivity contribution in [3.63, 3.8) is 0 Å². The predicted octanol–water partition coefficient (Wildman–Crippen LogP) is 16.2. The van der Waals surface area contributed by atoms with Gasteiger partial charge >= 0.3 is 23.9 Å². The normalized spacial score (nSPS) is 18.2. The second-order valence-corrected chi connectivity index (χ2v) is 21.7. The van der Waals surface area contributed by atoms with Crippen LogP contribution < -0.4 is 0 Å². The summed E-state index contributed by atoms with van der Waals surface area (Å²) in [5.41, 5.74) is 0. The van der Waals surface area contributed by atoms with Crippen LogP contribution in [0.2, 0.25) is 0 Å². The van der Waals surface area contributed by atoms with Gasteiger partial charge < -0.3 is 39.0 Å². The molecule has 1 heterocycles. The number of hydrogen-bond donors (Lipinski definition) is 3. The molecule has 1 saturated heterocycles. The Morgan fingerprint density at radius 1 is 0.427 bits per heavy atom. The number of aliphatic hydroxyl groups is 2. The van der Waals surface area contributed by atoms with Crippen molar-refractivity contribution in [3.05, 3.63) is 24.3 Å². The number of aliphatic carboxylic acids is 1. The third-order valence-corrected chi connectivity index (χ3v) is 14.5. The molecule has 0 aromatic rings. The molecule has 0 radical (unpaired) electrons. The first-order chi connectivity index (χ1) is 36.6. The lowest BCUT2D eigenvalue weighted by molar-refractivity contribution is -0.301. The van der Waals surface area contributed by atoms with Gasteiger partial charge in [-0.2, -0.15) is 0 Å². The van der Waals surface area contributed by atoms with Crippen LogP contribution in [0.3, 0.4) is 0 Å². The first-order valence-corrected chi connectivity index (χ1v) is 31.3. The van der Waals surface area contributed by atoms with Gasteiger partial charge in [0.1, 0.15) is 18.8 Å². The number of unbranched alkanes of at least 4 members (excludes halogenated alkanes) is 36. The topological polar surface area (TPSA) is 175 Å². The third-order valence-electron chi connectivity index (χ3n) is 14.5. The Morgan fingerprint density at radius 3 is 1.17 bits per heavy atom. The lowest BCUT2D eigenvalue weighted by Gasteiger charge is -2.40. The van der Waals surface area contributed by atoms with Gasteiger partial charge in [-0.25, -0.2) is 4.79 Å². The molecule has 0 aromatic heterocycles. The van der Waals surface area contributed by atoms with Crippen molar-refractivity contribution >= 4 is 23.9 Å². The molecule has 0 spiro atoms. The molecule has 0 amide bonds. The second-order valence-electron chi connectivity index (χ2n) is 21.7. The van der Waals surface area contributed by atoms with E-state index in [4.69, 9.17) is 23.7 Å². The van der Waals surface area contributed by atoms with E-state index in [1.54, 1.807) is 0 Å². The van der Waals surface area contributed by atoms with Crippen LogP contribution in [0.4, 0.5) is 0 Å². The number of carbonyl (C=O) groups is 4. The summed E-state index contributed by atoms with van der Waals surface area (Å²) in [6.07, 6.45) is 47.2. The van der Waals surface area contributed by atoms with Crippen LogP contribution in [0.25, 0.3) is 0 Å². The molecule has 12 nitrogen and oxygen atoms in total. The molecule has 0 bridgehead atoms. The summed E-state index contributed by atoms with van der Waals surface area (Å²) in [4.78, 5) is 51.1. The lowest BCUT2D eigenvalue weighted by Crippen LogP contribution is -2.61. The fourth-order valence-electron chi connectivity index (χ4n) is 9.64. The van der Waals surface area contributed by atoms with Crippen molar-refractivity contribution in [2.75, 3.05) is 13.2 Å². The van der Waals surface area contributed by atoms with E-state index in [0.29, 0.717) is 19.3 Å². The molecule has 6 unspecified atom stereocenters. The largest absolute Gasteiger partial charge is 0.479 e. The highest BCUT2D eigenvalue weighted by molar-refractivity contribution is 5.74. The first-order valence-electron chi connectivity index (χ1n) is 31.3. The Balaban J connectivity index is 2.63. The zero-order valence-electron chi connectivity index (χ0n) is 48.3. The van der Waals surface area contributed by atoms with Crippen molar-refractivity contribution < 1.29 is 58.2 Å². The Hall–Kier alpha value is -2.80. The average molecular weight is 1060 g/mol. The first kappa shape index (κ1) is 70.2. The van der Waals surface area contributed by atoms with E-state index in [9.17, 15) is 34.5 Å². The molecule has 0 saturated carbocycles. The molecule has 1 rings (SSSR count). The SMILES string of the molecule is CCCC/C=C\CCCCCCCC(=O)OC(COC(=O)CCCCCCCCC/C=C\CCCCCCCC)COC1OC(C(=O)O)C(O)C(O)C1OC(=O)CCCCCCCCCCCCCCCCCCC. The maximum atomic E-state index is 13.1. The molecule has 3 N–H and O–H groups in total. The molecular weight excluding hydrogens is 949 g/mol. The van der Waals surface area contributed by atoms with Crippen molar-refractivity contribution in [1.82, 2.24) is 0 Å². The number of hydrogen-bond acceptors (Lipinski definition) is 11. The van der Waals surface area contributed by atoms with E-state index in [-0.39, 0.29) is 25.9 Å². The van der Waals surface area contributed by atoms with Gasteiger partial charge in [-0.3, -0.25) is 14.4 Å². The summed E-state index contributed by atoms with van der Waals surface area (Å²) in [6.45, 7) is 5.98. The maximum absolute atomic E-state index is 13.1. The smallest absolute Gasteiger partial charge is 0.335 e. The molecule has 1 fully saturated rings. The van der Waals surface area contributed by atoms with Gasteiger partial charge in [0.2, 0.25) is 0 Å². The Kier molecular flexibility index (Phi) is 48.6. The minimum absolute atomic E-state index is 0.0660. The van der Waals surface area contributed by atoms with Crippen LogP contribution in [0, 0.1) is 0 Å². The van der Waals surface area contributed by atoms with Crippen LogP contribution in [0.5, 0.6) is 0 Å². The van der Waals surface area contributed by atoms with Crippen LogP contribution in [-0.4, -0.2) is 89.2 Å². The Morgan fingerprint density at radius 2 is 0.773 bits per heavy atom. The number of esters is 3. The second kappa shape index (κ2) is 51.9. The van der Waals surface area contributed by atoms with Gasteiger partial charge in [0.05, 0.1) is 6.61 Å². The maximum Gasteiger partial charge on any atom is 0.335 e. The van der Waals surface area contributed by atoms with Gasteiger partial charge in [0, 0.05) is 19.3 Å². The van der Waals surface area contributed by atoms with E-state index in [2.05, 4.69) is 45.1 Å². The highest BCUT2D eigenvalue weighted by Gasteiger charge is 2.50. The van der Waals surface area contributed by atoms with E-state index in [1.807, 2.05) is 0 Å². The zero-order valence-corrected chi connectivity index (χ0v) is 48.3. The van der Waals surface area contributed by atoms with Gasteiger partial charge in [-0.05, 0) is 64.2 Å². The fraction of sp³-hybridized carbons (Fsp3) is 0.873. The predicted molar refractivity (Wildman–Crippen MR) is 303 cm³/mol. The van der Waals surface area contributed by atoms with Crippen LogP contribution in [0.15, 0.2) is 24.3 Å². The molecule has 75 heavy (non-hydrogen) atoms. The van der Waals surface area contributed by atoms with Gasteiger partial charge in [-0.1, -0.05) is 244 Å².